The van der Waals surface area contributed by atoms with Gasteiger partial charge in [0.15, 0.2) is 0 Å². The van der Waals surface area contributed by atoms with E-state index in [1.807, 2.05) is 16.8 Å². The zero-order chi connectivity index (χ0) is 12.5. The van der Waals surface area contributed by atoms with Gasteiger partial charge in [-0.1, -0.05) is 0 Å². The van der Waals surface area contributed by atoms with Crippen molar-refractivity contribution in [3.05, 3.63) is 45.6 Å². The first-order valence-corrected chi connectivity index (χ1v) is 7.58. The lowest BCUT2D eigenvalue weighted by Crippen LogP contribution is -2.04. The van der Waals surface area contributed by atoms with Crippen LogP contribution in [0.2, 0.25) is 0 Å². The van der Waals surface area contributed by atoms with Crippen molar-refractivity contribution in [1.29, 1.82) is 0 Å². The number of fused-ring (bicyclic) bond motifs is 1. The van der Waals surface area contributed by atoms with Crippen molar-refractivity contribution >= 4 is 38.6 Å². The summed E-state index contributed by atoms with van der Waals surface area (Å²) >= 11 is 3.53. The zero-order valence-electron chi connectivity index (χ0n) is 10.3. The van der Waals surface area contributed by atoms with E-state index in [2.05, 4.69) is 54.5 Å². The van der Waals surface area contributed by atoms with Crippen LogP contribution < -0.4 is 5.32 Å². The molecule has 1 unspecified atom stereocenters. The molecule has 1 N–H and O–H groups in total. The molecule has 4 heteroatoms. The smallest absolute Gasteiger partial charge is 0.0813 e. The maximum absolute atomic E-state index is 4.29. The van der Waals surface area contributed by atoms with Gasteiger partial charge in [0.2, 0.25) is 0 Å². The minimum atomic E-state index is 0.342. The van der Waals surface area contributed by atoms with Crippen LogP contribution in [0, 0.1) is 6.92 Å². The number of nitrogens with one attached hydrogen (secondary N) is 1. The SMILES string of the molecule is Cc1ccc(C(C)Nc2ccc3ncsc3c2)s1. The molecule has 0 saturated carbocycles. The molecule has 92 valence electrons. The third kappa shape index (κ3) is 2.26. The van der Waals surface area contributed by atoms with Crippen molar-refractivity contribution < 1.29 is 0 Å². The Morgan fingerprint density at radius 3 is 2.89 bits per heavy atom. The molecule has 2 aromatic heterocycles. The third-order valence-electron chi connectivity index (χ3n) is 2.90. The summed E-state index contributed by atoms with van der Waals surface area (Å²) in [5.74, 6) is 0. The van der Waals surface area contributed by atoms with E-state index >= 15 is 0 Å². The Kier molecular flexibility index (Phi) is 3.06. The summed E-state index contributed by atoms with van der Waals surface area (Å²) < 4.78 is 1.23. The lowest BCUT2D eigenvalue weighted by Gasteiger charge is -2.13. The number of aromatic nitrogens is 1. The van der Waals surface area contributed by atoms with Gasteiger partial charge in [-0.25, -0.2) is 4.98 Å². The number of thiophene rings is 1. The van der Waals surface area contributed by atoms with Gasteiger partial charge in [-0.15, -0.1) is 22.7 Å². The molecular formula is C14H14N2S2. The van der Waals surface area contributed by atoms with Crippen molar-refractivity contribution in [3.8, 4) is 0 Å². The number of thiazole rings is 1. The average Bonchev–Trinajstić information content (AvgIpc) is 2.96. The summed E-state index contributed by atoms with van der Waals surface area (Å²) in [6.45, 7) is 4.34. The molecule has 0 bridgehead atoms. The highest BCUT2D eigenvalue weighted by Gasteiger charge is 2.08. The van der Waals surface area contributed by atoms with E-state index in [0.29, 0.717) is 6.04 Å². The van der Waals surface area contributed by atoms with E-state index in [-0.39, 0.29) is 0 Å². The van der Waals surface area contributed by atoms with E-state index < -0.39 is 0 Å². The molecule has 0 aliphatic heterocycles. The molecule has 0 saturated heterocycles. The van der Waals surface area contributed by atoms with Crippen molar-refractivity contribution in [3.63, 3.8) is 0 Å². The summed E-state index contributed by atoms with van der Waals surface area (Å²) in [5.41, 5.74) is 4.12. The van der Waals surface area contributed by atoms with Crippen LogP contribution >= 0.6 is 22.7 Å². The first kappa shape index (κ1) is 11.7. The summed E-state index contributed by atoms with van der Waals surface area (Å²) in [5, 5.41) is 3.54. The van der Waals surface area contributed by atoms with Gasteiger partial charge in [-0.05, 0) is 44.2 Å². The topological polar surface area (TPSA) is 24.9 Å². The fraction of sp³-hybridized carbons (Fsp3) is 0.214. The van der Waals surface area contributed by atoms with E-state index in [1.54, 1.807) is 11.3 Å². The molecule has 1 atom stereocenters. The van der Waals surface area contributed by atoms with Crippen molar-refractivity contribution in [2.75, 3.05) is 5.32 Å². The van der Waals surface area contributed by atoms with Crippen molar-refractivity contribution in [2.45, 2.75) is 19.9 Å². The summed E-state index contributed by atoms with van der Waals surface area (Å²) in [4.78, 5) is 7.02. The first-order chi connectivity index (χ1) is 8.72. The second kappa shape index (κ2) is 4.71. The van der Waals surface area contributed by atoms with Gasteiger partial charge in [0.05, 0.1) is 21.8 Å². The van der Waals surface area contributed by atoms with Crippen LogP contribution in [0.25, 0.3) is 10.2 Å². The molecule has 0 aliphatic rings. The largest absolute Gasteiger partial charge is 0.378 e. The van der Waals surface area contributed by atoms with Crippen LogP contribution in [-0.2, 0) is 0 Å². The van der Waals surface area contributed by atoms with Crippen LogP contribution in [-0.4, -0.2) is 4.98 Å². The van der Waals surface area contributed by atoms with E-state index in [4.69, 9.17) is 0 Å². The molecule has 0 amide bonds. The van der Waals surface area contributed by atoms with Gasteiger partial charge in [-0.2, -0.15) is 0 Å². The predicted octanol–water partition coefficient (Wildman–Crippen LogP) is 4.84. The number of rotatable bonds is 3. The molecule has 1 aromatic carbocycles. The lowest BCUT2D eigenvalue weighted by molar-refractivity contribution is 0.909. The van der Waals surface area contributed by atoms with E-state index in [9.17, 15) is 0 Å². The highest BCUT2D eigenvalue weighted by Crippen LogP contribution is 2.28. The zero-order valence-corrected chi connectivity index (χ0v) is 11.9. The molecule has 3 rings (SSSR count). The summed E-state index contributed by atoms with van der Waals surface area (Å²) in [6.07, 6.45) is 0. The summed E-state index contributed by atoms with van der Waals surface area (Å²) in [7, 11) is 0. The van der Waals surface area contributed by atoms with E-state index in [1.165, 1.54) is 14.5 Å². The molecule has 2 heterocycles. The Bertz CT molecular complexity index is 669. The number of hydrogen-bond donors (Lipinski definition) is 1. The standard InChI is InChI=1S/C14H14N2S2/c1-9-3-6-13(18-9)10(2)16-11-4-5-12-14(7-11)17-8-15-12/h3-8,10,16H,1-2H3. The first-order valence-electron chi connectivity index (χ1n) is 5.88. The molecular weight excluding hydrogens is 260 g/mol. The van der Waals surface area contributed by atoms with E-state index in [0.717, 1.165) is 11.2 Å². The Hall–Kier alpha value is -1.39. The minimum absolute atomic E-state index is 0.342. The monoisotopic (exact) mass is 274 g/mol. The fourth-order valence-electron chi connectivity index (χ4n) is 1.95. The molecule has 18 heavy (non-hydrogen) atoms. The van der Waals surface area contributed by atoms with Crippen LogP contribution in [0.4, 0.5) is 5.69 Å². The van der Waals surface area contributed by atoms with Crippen LogP contribution in [0.15, 0.2) is 35.8 Å². The Labute approximate surface area is 114 Å². The highest BCUT2D eigenvalue weighted by molar-refractivity contribution is 7.16. The number of benzene rings is 1. The predicted molar refractivity (Wildman–Crippen MR) is 80.7 cm³/mol. The fourth-order valence-corrected chi connectivity index (χ4v) is 3.55. The maximum Gasteiger partial charge on any atom is 0.0813 e. The lowest BCUT2D eigenvalue weighted by atomic mass is 10.2. The Morgan fingerprint density at radius 1 is 1.22 bits per heavy atom. The number of nitrogens with zero attached hydrogens (tertiary/aromatic N) is 1. The minimum Gasteiger partial charge on any atom is -0.378 e. The van der Waals surface area contributed by atoms with Crippen LogP contribution in [0.1, 0.15) is 22.7 Å². The van der Waals surface area contributed by atoms with Gasteiger partial charge in [0.25, 0.3) is 0 Å². The third-order valence-corrected chi connectivity index (χ3v) is 4.88. The maximum atomic E-state index is 4.29. The Balaban J connectivity index is 1.83. The summed E-state index contributed by atoms with van der Waals surface area (Å²) in [6, 6.07) is 11.0. The molecule has 0 aliphatic carbocycles. The van der Waals surface area contributed by atoms with Crippen molar-refractivity contribution in [1.82, 2.24) is 4.98 Å². The molecule has 3 aromatic rings. The molecule has 0 spiro atoms. The van der Waals surface area contributed by atoms with Gasteiger partial charge >= 0.3 is 0 Å². The van der Waals surface area contributed by atoms with Crippen LogP contribution in [0.3, 0.4) is 0 Å². The van der Waals surface area contributed by atoms with Gasteiger partial charge < -0.3 is 5.32 Å². The number of hydrogen-bond acceptors (Lipinski definition) is 4. The Morgan fingerprint density at radius 2 is 2.11 bits per heavy atom. The van der Waals surface area contributed by atoms with Gasteiger partial charge in [-0.3, -0.25) is 0 Å². The second-order valence-electron chi connectivity index (χ2n) is 4.35. The second-order valence-corrected chi connectivity index (χ2v) is 6.56. The van der Waals surface area contributed by atoms with Crippen molar-refractivity contribution in [2.24, 2.45) is 0 Å². The number of anilines is 1. The average molecular weight is 274 g/mol. The number of aryl methyl sites for hydroxylation is 1. The quantitative estimate of drug-likeness (QED) is 0.739. The van der Waals surface area contributed by atoms with Gasteiger partial charge in [0, 0.05) is 15.4 Å². The van der Waals surface area contributed by atoms with Gasteiger partial charge in [0.1, 0.15) is 0 Å². The molecule has 0 fully saturated rings. The highest BCUT2D eigenvalue weighted by atomic mass is 32.1. The molecule has 0 radical (unpaired) electrons. The molecule has 2 nitrogen and oxygen atoms in total. The normalized spacial score (nSPS) is 12.8. The van der Waals surface area contributed by atoms with Crippen LogP contribution in [0.5, 0.6) is 0 Å².